The van der Waals surface area contributed by atoms with Crippen LogP contribution in [0.25, 0.3) is 0 Å². The monoisotopic (exact) mass is 369 g/mol. The molecule has 0 aromatic rings. The Morgan fingerprint density at radius 1 is 0.522 bits per heavy atom. The Bertz CT molecular complexity index is 287. The van der Waals surface area contributed by atoms with Crippen molar-refractivity contribution >= 4 is 176 Å². The molecule has 0 aliphatic rings. The highest BCUT2D eigenvalue weighted by Crippen LogP contribution is 2.14. The Morgan fingerprint density at radius 2 is 0.870 bits per heavy atom. The van der Waals surface area contributed by atoms with E-state index in [1.807, 2.05) is 0 Å². The van der Waals surface area contributed by atoms with Gasteiger partial charge in [0.25, 0.3) is 0 Å². The van der Waals surface area contributed by atoms with Crippen molar-refractivity contribution in [1.82, 2.24) is 0 Å². The third-order valence-electron chi connectivity index (χ3n) is 4.07. The molecular weight excluding hydrogens is 365 g/mol. The van der Waals surface area contributed by atoms with E-state index in [1.54, 1.807) is 0 Å². The van der Waals surface area contributed by atoms with Gasteiger partial charge in [-0.3, -0.25) is 0 Å². The highest BCUT2D eigenvalue weighted by Gasteiger charge is 2.47. The molecule has 0 N–H and O–H groups in total. The number of hydrogen-bond acceptors (Lipinski definition) is 0. The summed E-state index contributed by atoms with van der Waals surface area (Å²) in [5.41, 5.74) is 0. The van der Waals surface area contributed by atoms with Gasteiger partial charge in [0.15, 0.2) is 0 Å². The third kappa shape index (κ3) is 7.36. The molecule has 0 spiro atoms. The predicted octanol–water partition coefficient (Wildman–Crippen LogP) is -7.49. The zero-order valence-electron chi connectivity index (χ0n) is 13.1. The maximum atomic E-state index is 5.87. The summed E-state index contributed by atoms with van der Waals surface area (Å²) in [5.74, 6) is 0. The Morgan fingerprint density at radius 3 is 1.09 bits per heavy atom. The normalized spacial score (nSPS) is 9.26. The summed E-state index contributed by atoms with van der Waals surface area (Å²) >= 11 is 2.12. The number of hydrogen-bond donors (Lipinski definition) is 0. The summed E-state index contributed by atoms with van der Waals surface area (Å²) < 4.78 is -0.318. The van der Waals surface area contributed by atoms with Gasteiger partial charge in [-0.05, 0) is 0 Å². The molecule has 0 amide bonds. The molecule has 0 unspecified atom stereocenters. The SMILES string of the molecule is [B][B]B(B([B])[B])B(B(I)B(B([B])[B])B([B])[B])B(B([B])[B])B([B])[B]. The minimum absolute atomic E-state index is 0.318. The van der Waals surface area contributed by atoms with Gasteiger partial charge in [-0.1, -0.05) is 0 Å². The molecule has 0 aliphatic carbocycles. The largest absolute Gasteiger partial charge is 0.173 e. The van der Waals surface area contributed by atoms with E-state index in [4.69, 9.17) is 85.1 Å². The zero-order chi connectivity index (χ0) is 18.5. The predicted molar refractivity (Wildman–Crippen MR) is 141 cm³/mol. The van der Waals surface area contributed by atoms with Crippen molar-refractivity contribution in [2.75, 3.05) is 0 Å². The first-order chi connectivity index (χ1) is 10.5. The first-order valence-electron chi connectivity index (χ1n) is 7.22. The first kappa shape index (κ1) is 25.2. The molecule has 0 fully saturated rings. The average Bonchev–Trinajstić information content (AvgIpc) is 2.35. The fraction of sp³-hybridized carbons (Fsp3) is 0. The van der Waals surface area contributed by atoms with E-state index in [9.17, 15) is 0 Å². The second-order valence-electron chi connectivity index (χ2n) is 5.83. The maximum absolute atomic E-state index is 5.87. The van der Waals surface area contributed by atoms with Gasteiger partial charge in [0.1, 0.15) is 4.35 Å². The fourth-order valence-electron chi connectivity index (χ4n) is 2.90. The summed E-state index contributed by atoms with van der Waals surface area (Å²) in [5, 5.41) is 0. The van der Waals surface area contributed by atoms with Gasteiger partial charge in [0.05, 0.1) is 0 Å². The van der Waals surface area contributed by atoms with Gasteiger partial charge in [0.2, 0.25) is 0 Å². The molecule has 0 saturated carbocycles. The zero-order valence-corrected chi connectivity index (χ0v) is 15.2. The van der Waals surface area contributed by atoms with Gasteiger partial charge in [-0.2, -0.15) is 22.4 Å². The summed E-state index contributed by atoms with van der Waals surface area (Å²) in [6, 6.07) is 0. The second kappa shape index (κ2) is 11.8. The fourth-order valence-corrected chi connectivity index (χ4v) is 4.82. The van der Waals surface area contributed by atoms with Crippen molar-refractivity contribution in [3.63, 3.8) is 0 Å². The minimum Gasteiger partial charge on any atom is -0.173 e. The summed E-state index contributed by atoms with van der Waals surface area (Å²) in [7, 11) is 65.6. The molecule has 23 heavy (non-hydrogen) atoms. The molecule has 0 nitrogen and oxygen atoms in total. The van der Waals surface area contributed by atoms with Crippen LogP contribution in [0.3, 0.4) is 0 Å². The van der Waals surface area contributed by atoms with Crippen LogP contribution in [0.1, 0.15) is 0 Å². The summed E-state index contributed by atoms with van der Waals surface area (Å²) in [6.07, 6.45) is -5.97. The van der Waals surface area contributed by atoms with Crippen molar-refractivity contribution < 1.29 is 0 Å². The Balaban J connectivity index is 5.91. The molecule has 0 heterocycles. The maximum Gasteiger partial charge on any atom is 0.120 e. The Labute approximate surface area is 175 Å². The van der Waals surface area contributed by atoms with Gasteiger partial charge >= 0.3 is 0 Å². The molecule has 0 aliphatic heterocycles. The van der Waals surface area contributed by atoms with E-state index in [0.717, 1.165) is 0 Å². The van der Waals surface area contributed by atoms with Crippen LogP contribution in [0.15, 0.2) is 0 Å². The molecule has 0 rings (SSSR count). The van der Waals surface area contributed by atoms with Crippen molar-refractivity contribution in [2.45, 2.75) is 0 Å². The molecule has 23 heteroatoms. The third-order valence-corrected chi connectivity index (χ3v) is 5.73. The van der Waals surface area contributed by atoms with Gasteiger partial charge < -0.3 is 0 Å². The lowest BCUT2D eigenvalue weighted by Gasteiger charge is -2.42. The first-order valence-corrected chi connectivity index (χ1v) is 8.46. The lowest BCUT2D eigenvalue weighted by molar-refractivity contribution is 3.36. The van der Waals surface area contributed by atoms with Crippen LogP contribution in [0.4, 0.5) is 0 Å². The van der Waals surface area contributed by atoms with Crippen molar-refractivity contribution in [2.24, 2.45) is 0 Å². The van der Waals surface area contributed by atoms with Gasteiger partial charge in [-0.25, -0.2) is 0 Å². The molecule has 0 bridgehead atoms. The Hall–Kier alpha value is 2.16. The Kier molecular flexibility index (Phi) is 12.9. The van der Waals surface area contributed by atoms with Crippen LogP contribution in [0, 0.1) is 0 Å². The molecule has 23 radical (unpaired) electrons. The highest BCUT2D eigenvalue weighted by molar-refractivity contribution is 14.1. The second-order valence-corrected chi connectivity index (χ2v) is 7.27. The van der Waals surface area contributed by atoms with Gasteiger partial charge in [0, 0.05) is 150 Å². The van der Waals surface area contributed by atoms with E-state index < -0.39 is 57.5 Å². The average molecular weight is 365 g/mol. The van der Waals surface area contributed by atoms with E-state index >= 15 is 0 Å². The molecule has 0 aromatic carbocycles. The van der Waals surface area contributed by atoms with Crippen LogP contribution in [0.2, 0.25) is 0 Å². The van der Waals surface area contributed by atoms with Crippen LogP contribution < -0.4 is 0 Å². The molecule has 73 valence electrons. The number of halogens is 1. The molecule has 0 saturated heterocycles. The van der Waals surface area contributed by atoms with E-state index in [0.29, 0.717) is 0 Å². The summed E-state index contributed by atoms with van der Waals surface area (Å²) in [6.45, 7) is 0. The lowest BCUT2D eigenvalue weighted by Crippen LogP contribution is -2.80. The van der Waals surface area contributed by atoms with Crippen LogP contribution in [0.5, 0.6) is 0 Å². The van der Waals surface area contributed by atoms with Crippen molar-refractivity contribution in [3.8, 4) is 0 Å². The highest BCUT2D eigenvalue weighted by atomic mass is 127. The number of rotatable bonds is 10. The smallest absolute Gasteiger partial charge is 0.120 e. The topological polar surface area (TPSA) is 0 Å². The van der Waals surface area contributed by atoms with E-state index in [1.165, 1.54) is 7.06 Å². The summed E-state index contributed by atoms with van der Waals surface area (Å²) in [4.78, 5) is 0. The van der Waals surface area contributed by atoms with Crippen molar-refractivity contribution in [3.05, 3.63) is 0 Å². The van der Waals surface area contributed by atoms with Crippen LogP contribution >= 0.6 is 22.4 Å². The molecule has 0 aromatic heterocycles. The van der Waals surface area contributed by atoms with Gasteiger partial charge in [-0.15, -0.1) is 0 Å². The molecular formula is B22I. The lowest BCUT2D eigenvalue weighted by atomic mass is 8.42. The molecule has 0 atom stereocenters. The van der Waals surface area contributed by atoms with Crippen LogP contribution in [-0.2, 0) is 0 Å². The van der Waals surface area contributed by atoms with E-state index in [-0.39, 0.29) is 4.35 Å². The van der Waals surface area contributed by atoms with E-state index in [2.05, 4.69) is 22.4 Å². The van der Waals surface area contributed by atoms with Crippen LogP contribution in [-0.4, -0.2) is 154 Å². The standard InChI is InChI=1S/B22I/c1-12-18(13(2)3)21(19(14(4)5)15(6)7)22(23)20(16(8)9)17(10)11. The van der Waals surface area contributed by atoms with Crippen molar-refractivity contribution in [1.29, 1.82) is 0 Å². The quantitative estimate of drug-likeness (QED) is 0.267. The minimum atomic E-state index is -0.831.